The van der Waals surface area contributed by atoms with Gasteiger partial charge in [-0.1, -0.05) is 13.8 Å². The SMILES string of the molecule is CC(C)c1nc2ccc(C=O)cc2[nH]1. The van der Waals surface area contributed by atoms with Gasteiger partial charge in [0.05, 0.1) is 11.0 Å². The fourth-order valence-electron chi connectivity index (χ4n) is 1.39. The number of rotatable bonds is 2. The van der Waals surface area contributed by atoms with Gasteiger partial charge in [0.2, 0.25) is 0 Å². The van der Waals surface area contributed by atoms with Gasteiger partial charge in [-0.25, -0.2) is 4.98 Å². The van der Waals surface area contributed by atoms with Gasteiger partial charge in [-0.2, -0.15) is 0 Å². The number of imidazole rings is 1. The predicted molar refractivity (Wildman–Crippen MR) is 55.6 cm³/mol. The Morgan fingerprint density at radius 2 is 2.21 bits per heavy atom. The second kappa shape index (κ2) is 3.25. The third-order valence-corrected chi connectivity index (χ3v) is 2.21. The summed E-state index contributed by atoms with van der Waals surface area (Å²) in [5.74, 6) is 1.34. The van der Waals surface area contributed by atoms with Gasteiger partial charge in [-0.15, -0.1) is 0 Å². The largest absolute Gasteiger partial charge is 0.342 e. The van der Waals surface area contributed by atoms with E-state index in [-0.39, 0.29) is 0 Å². The Morgan fingerprint density at radius 3 is 2.86 bits per heavy atom. The average molecular weight is 188 g/mol. The quantitative estimate of drug-likeness (QED) is 0.736. The van der Waals surface area contributed by atoms with Crippen LogP contribution in [0, 0.1) is 0 Å². The number of benzene rings is 1. The zero-order chi connectivity index (χ0) is 10.1. The van der Waals surface area contributed by atoms with Gasteiger partial charge in [0.1, 0.15) is 12.1 Å². The van der Waals surface area contributed by atoms with E-state index in [1.807, 2.05) is 12.1 Å². The highest BCUT2D eigenvalue weighted by molar-refractivity contribution is 5.84. The third kappa shape index (κ3) is 1.41. The monoisotopic (exact) mass is 188 g/mol. The molecule has 0 aliphatic rings. The summed E-state index contributed by atoms with van der Waals surface area (Å²) in [4.78, 5) is 18.2. The average Bonchev–Trinajstić information content (AvgIpc) is 2.59. The van der Waals surface area contributed by atoms with Crippen LogP contribution in [0.25, 0.3) is 11.0 Å². The lowest BCUT2D eigenvalue weighted by molar-refractivity contribution is 0.112. The van der Waals surface area contributed by atoms with Crippen LogP contribution < -0.4 is 0 Å². The molecule has 0 saturated carbocycles. The molecule has 2 aromatic rings. The zero-order valence-electron chi connectivity index (χ0n) is 8.24. The maximum Gasteiger partial charge on any atom is 0.150 e. The molecule has 3 heteroatoms. The van der Waals surface area contributed by atoms with Crippen LogP contribution in [-0.4, -0.2) is 16.3 Å². The molecule has 0 fully saturated rings. The van der Waals surface area contributed by atoms with Gasteiger partial charge in [-0.05, 0) is 18.2 Å². The van der Waals surface area contributed by atoms with E-state index in [9.17, 15) is 4.79 Å². The van der Waals surface area contributed by atoms with Crippen molar-refractivity contribution in [3.63, 3.8) is 0 Å². The first-order chi connectivity index (χ1) is 6.70. The van der Waals surface area contributed by atoms with Crippen LogP contribution in [0.15, 0.2) is 18.2 Å². The van der Waals surface area contributed by atoms with Crippen LogP contribution in [0.5, 0.6) is 0 Å². The Hall–Kier alpha value is -1.64. The van der Waals surface area contributed by atoms with Crippen molar-refractivity contribution in [1.82, 2.24) is 9.97 Å². The summed E-state index contributed by atoms with van der Waals surface area (Å²) in [5.41, 5.74) is 2.52. The standard InChI is InChI=1S/C11H12N2O/c1-7(2)11-12-9-4-3-8(6-14)5-10(9)13-11/h3-7H,1-2H3,(H,12,13). The van der Waals surface area contributed by atoms with E-state index in [1.165, 1.54) is 0 Å². The van der Waals surface area contributed by atoms with E-state index in [2.05, 4.69) is 23.8 Å². The van der Waals surface area contributed by atoms with Crippen molar-refractivity contribution in [2.24, 2.45) is 0 Å². The number of carbonyl (C=O) groups excluding carboxylic acids is 1. The maximum atomic E-state index is 10.6. The molecule has 0 saturated heterocycles. The zero-order valence-corrected chi connectivity index (χ0v) is 8.24. The number of hydrogen-bond donors (Lipinski definition) is 1. The molecular formula is C11H12N2O. The highest BCUT2D eigenvalue weighted by Gasteiger charge is 2.06. The number of nitrogens with zero attached hydrogens (tertiary/aromatic N) is 1. The second-order valence-electron chi connectivity index (χ2n) is 3.67. The van der Waals surface area contributed by atoms with Gasteiger partial charge >= 0.3 is 0 Å². The minimum absolute atomic E-state index is 0.377. The van der Waals surface area contributed by atoms with Crippen molar-refractivity contribution in [3.05, 3.63) is 29.6 Å². The summed E-state index contributed by atoms with van der Waals surface area (Å²) in [5, 5.41) is 0. The minimum Gasteiger partial charge on any atom is -0.342 e. The fourth-order valence-corrected chi connectivity index (χ4v) is 1.39. The molecule has 1 heterocycles. The molecule has 72 valence electrons. The summed E-state index contributed by atoms with van der Waals surface area (Å²) < 4.78 is 0. The lowest BCUT2D eigenvalue weighted by Gasteiger charge is -1.95. The molecule has 0 spiro atoms. The number of carbonyl (C=O) groups is 1. The third-order valence-electron chi connectivity index (χ3n) is 2.21. The lowest BCUT2D eigenvalue weighted by Crippen LogP contribution is -1.88. The minimum atomic E-state index is 0.377. The molecule has 0 atom stereocenters. The Balaban J connectivity index is 2.59. The van der Waals surface area contributed by atoms with Crippen LogP contribution >= 0.6 is 0 Å². The van der Waals surface area contributed by atoms with Gasteiger partial charge < -0.3 is 4.98 Å². The Kier molecular flexibility index (Phi) is 2.08. The normalized spacial score (nSPS) is 11.1. The first kappa shape index (κ1) is 8.94. The number of aromatic amines is 1. The van der Waals surface area contributed by atoms with Crippen molar-refractivity contribution < 1.29 is 4.79 Å². The van der Waals surface area contributed by atoms with Crippen LogP contribution in [0.2, 0.25) is 0 Å². The van der Waals surface area contributed by atoms with Gasteiger partial charge in [0.15, 0.2) is 0 Å². The topological polar surface area (TPSA) is 45.8 Å². The van der Waals surface area contributed by atoms with Crippen molar-refractivity contribution in [2.75, 3.05) is 0 Å². The molecule has 3 nitrogen and oxygen atoms in total. The summed E-state index contributed by atoms with van der Waals surface area (Å²) in [6.07, 6.45) is 0.843. The van der Waals surface area contributed by atoms with E-state index >= 15 is 0 Å². The maximum absolute atomic E-state index is 10.6. The molecule has 1 aromatic carbocycles. The number of nitrogens with one attached hydrogen (secondary N) is 1. The smallest absolute Gasteiger partial charge is 0.150 e. The Bertz CT molecular complexity index is 471. The van der Waals surface area contributed by atoms with E-state index in [0.29, 0.717) is 11.5 Å². The lowest BCUT2D eigenvalue weighted by atomic mass is 10.2. The molecule has 0 amide bonds. The number of fused-ring (bicyclic) bond motifs is 1. The van der Waals surface area contributed by atoms with Crippen molar-refractivity contribution in [1.29, 1.82) is 0 Å². The van der Waals surface area contributed by atoms with E-state index in [0.717, 1.165) is 23.1 Å². The predicted octanol–water partition coefficient (Wildman–Crippen LogP) is 2.50. The van der Waals surface area contributed by atoms with Crippen molar-refractivity contribution in [2.45, 2.75) is 19.8 Å². The molecule has 0 aliphatic heterocycles. The molecule has 0 unspecified atom stereocenters. The van der Waals surface area contributed by atoms with E-state index in [1.54, 1.807) is 6.07 Å². The highest BCUT2D eigenvalue weighted by Crippen LogP contribution is 2.17. The van der Waals surface area contributed by atoms with Crippen LogP contribution in [-0.2, 0) is 0 Å². The van der Waals surface area contributed by atoms with Crippen LogP contribution in [0.3, 0.4) is 0 Å². The molecule has 0 radical (unpaired) electrons. The molecule has 0 bridgehead atoms. The second-order valence-corrected chi connectivity index (χ2v) is 3.67. The first-order valence-corrected chi connectivity index (χ1v) is 4.65. The fraction of sp³-hybridized carbons (Fsp3) is 0.273. The van der Waals surface area contributed by atoms with Crippen molar-refractivity contribution >= 4 is 17.3 Å². The molecule has 2 rings (SSSR count). The molecule has 14 heavy (non-hydrogen) atoms. The molecule has 1 N–H and O–H groups in total. The van der Waals surface area contributed by atoms with Gasteiger partial charge in [0, 0.05) is 11.5 Å². The number of aldehydes is 1. The molecule has 1 aromatic heterocycles. The number of H-pyrrole nitrogens is 1. The van der Waals surface area contributed by atoms with E-state index < -0.39 is 0 Å². The summed E-state index contributed by atoms with van der Waals surface area (Å²) in [6.45, 7) is 4.16. The number of hydrogen-bond acceptors (Lipinski definition) is 2. The molecular weight excluding hydrogens is 176 g/mol. The molecule has 0 aliphatic carbocycles. The Labute approximate surface area is 82.2 Å². The van der Waals surface area contributed by atoms with Crippen molar-refractivity contribution in [3.8, 4) is 0 Å². The highest BCUT2D eigenvalue weighted by atomic mass is 16.1. The van der Waals surface area contributed by atoms with Crippen LogP contribution in [0.1, 0.15) is 35.9 Å². The number of aromatic nitrogens is 2. The van der Waals surface area contributed by atoms with Crippen LogP contribution in [0.4, 0.5) is 0 Å². The van der Waals surface area contributed by atoms with E-state index in [4.69, 9.17) is 0 Å². The van der Waals surface area contributed by atoms with Gasteiger partial charge in [-0.3, -0.25) is 4.79 Å². The summed E-state index contributed by atoms with van der Waals surface area (Å²) in [6, 6.07) is 5.46. The van der Waals surface area contributed by atoms with Gasteiger partial charge in [0.25, 0.3) is 0 Å². The Morgan fingerprint density at radius 1 is 1.43 bits per heavy atom. The first-order valence-electron chi connectivity index (χ1n) is 4.65. The summed E-state index contributed by atoms with van der Waals surface area (Å²) >= 11 is 0. The summed E-state index contributed by atoms with van der Waals surface area (Å²) in [7, 11) is 0.